The van der Waals surface area contributed by atoms with E-state index < -0.39 is 0 Å². The smallest absolute Gasteiger partial charge is 0.228 e. The molecule has 6 heteroatoms. The van der Waals surface area contributed by atoms with E-state index in [-0.39, 0.29) is 5.92 Å². The molecule has 0 saturated carbocycles. The highest BCUT2D eigenvalue weighted by Gasteiger charge is 2.34. The van der Waals surface area contributed by atoms with Gasteiger partial charge in [-0.1, -0.05) is 78.9 Å². The average Bonchev–Trinajstić information content (AvgIpc) is 3.37. The summed E-state index contributed by atoms with van der Waals surface area (Å²) in [6.45, 7) is 0. The molecule has 0 fully saturated rings. The van der Waals surface area contributed by atoms with Crippen LogP contribution in [0.3, 0.4) is 0 Å². The van der Waals surface area contributed by atoms with Gasteiger partial charge in [0.2, 0.25) is 5.88 Å². The molecule has 7 rings (SSSR count). The number of hydrogen-bond acceptors (Lipinski definition) is 5. The van der Waals surface area contributed by atoms with Crippen molar-refractivity contribution in [2.24, 2.45) is 0 Å². The molecular formula is C29H20N4O2. The molecule has 1 aliphatic heterocycles. The average molecular weight is 457 g/mol. The van der Waals surface area contributed by atoms with Crippen LogP contribution in [-0.4, -0.2) is 26.7 Å². The van der Waals surface area contributed by atoms with Gasteiger partial charge in [-0.15, -0.1) is 5.10 Å². The SMILES string of the molecule is COc1ccc(C2c3ccc4ccccc4c3Oc3ncn4nc(-c5ccccc5)nc4c32)cc1. The number of nitrogens with zero attached hydrogens (tertiary/aromatic N) is 4. The summed E-state index contributed by atoms with van der Waals surface area (Å²) >= 11 is 0. The minimum atomic E-state index is -0.131. The lowest BCUT2D eigenvalue weighted by Crippen LogP contribution is -2.15. The van der Waals surface area contributed by atoms with Gasteiger partial charge in [0.15, 0.2) is 11.5 Å². The van der Waals surface area contributed by atoms with Crippen LogP contribution in [0.1, 0.15) is 22.6 Å². The molecule has 1 unspecified atom stereocenters. The summed E-state index contributed by atoms with van der Waals surface area (Å²) in [4.78, 5) is 9.63. The predicted molar refractivity (Wildman–Crippen MR) is 134 cm³/mol. The van der Waals surface area contributed by atoms with Crippen molar-refractivity contribution in [1.82, 2.24) is 19.6 Å². The van der Waals surface area contributed by atoms with Crippen LogP contribution in [0, 0.1) is 0 Å². The van der Waals surface area contributed by atoms with Gasteiger partial charge in [0.1, 0.15) is 17.8 Å². The molecule has 0 bridgehead atoms. The first-order valence-corrected chi connectivity index (χ1v) is 11.4. The molecular weight excluding hydrogens is 436 g/mol. The molecule has 35 heavy (non-hydrogen) atoms. The zero-order valence-electron chi connectivity index (χ0n) is 18.9. The number of hydrogen-bond donors (Lipinski definition) is 0. The molecule has 3 heterocycles. The highest BCUT2D eigenvalue weighted by molar-refractivity contribution is 5.91. The van der Waals surface area contributed by atoms with Crippen LogP contribution in [0.15, 0.2) is 97.3 Å². The first-order valence-electron chi connectivity index (χ1n) is 11.4. The molecule has 4 aromatic carbocycles. The maximum absolute atomic E-state index is 6.49. The lowest BCUT2D eigenvalue weighted by molar-refractivity contribution is 0.414. The Morgan fingerprint density at radius 3 is 2.49 bits per heavy atom. The molecule has 6 aromatic rings. The maximum atomic E-state index is 6.49. The van der Waals surface area contributed by atoms with E-state index >= 15 is 0 Å². The molecule has 0 radical (unpaired) electrons. The van der Waals surface area contributed by atoms with Gasteiger partial charge in [-0.05, 0) is 23.1 Å². The Kier molecular flexibility index (Phi) is 4.32. The van der Waals surface area contributed by atoms with Gasteiger partial charge in [0.05, 0.1) is 12.7 Å². The van der Waals surface area contributed by atoms with Crippen molar-refractivity contribution < 1.29 is 9.47 Å². The van der Waals surface area contributed by atoms with Crippen LogP contribution in [-0.2, 0) is 0 Å². The molecule has 1 atom stereocenters. The van der Waals surface area contributed by atoms with Crippen LogP contribution in [0.4, 0.5) is 0 Å². The number of fused-ring (bicyclic) bond motifs is 6. The molecule has 0 saturated heterocycles. The van der Waals surface area contributed by atoms with Crippen molar-refractivity contribution in [3.8, 4) is 28.8 Å². The summed E-state index contributed by atoms with van der Waals surface area (Å²) < 4.78 is 13.6. The van der Waals surface area contributed by atoms with E-state index in [0.29, 0.717) is 11.7 Å². The Labute approximate surface area is 201 Å². The Hall–Kier alpha value is -4.71. The van der Waals surface area contributed by atoms with E-state index in [1.807, 2.05) is 54.6 Å². The van der Waals surface area contributed by atoms with Crippen LogP contribution >= 0.6 is 0 Å². The largest absolute Gasteiger partial charge is 0.497 e. The second-order valence-corrected chi connectivity index (χ2v) is 8.55. The van der Waals surface area contributed by atoms with Crippen molar-refractivity contribution in [3.05, 3.63) is 114 Å². The fraction of sp³-hybridized carbons (Fsp3) is 0.0690. The fourth-order valence-electron chi connectivity index (χ4n) is 4.90. The van der Waals surface area contributed by atoms with Gasteiger partial charge in [-0.25, -0.2) is 14.5 Å². The van der Waals surface area contributed by atoms with Gasteiger partial charge in [-0.2, -0.15) is 0 Å². The van der Waals surface area contributed by atoms with Crippen molar-refractivity contribution >= 4 is 16.4 Å². The minimum Gasteiger partial charge on any atom is -0.497 e. The Morgan fingerprint density at radius 2 is 1.66 bits per heavy atom. The van der Waals surface area contributed by atoms with Crippen LogP contribution < -0.4 is 9.47 Å². The summed E-state index contributed by atoms with van der Waals surface area (Å²) in [5, 5.41) is 6.90. The highest BCUT2D eigenvalue weighted by Crippen LogP contribution is 2.50. The summed E-state index contributed by atoms with van der Waals surface area (Å²) in [6, 6.07) is 30.7. The van der Waals surface area contributed by atoms with Crippen molar-refractivity contribution in [2.45, 2.75) is 5.92 Å². The second kappa shape index (κ2) is 7.67. The molecule has 1 aliphatic rings. The highest BCUT2D eigenvalue weighted by atomic mass is 16.5. The fourth-order valence-corrected chi connectivity index (χ4v) is 4.90. The van der Waals surface area contributed by atoms with E-state index in [2.05, 4.69) is 41.4 Å². The van der Waals surface area contributed by atoms with Crippen molar-refractivity contribution in [2.75, 3.05) is 7.11 Å². The quantitative estimate of drug-likeness (QED) is 0.315. The minimum absolute atomic E-state index is 0.131. The molecule has 2 aromatic heterocycles. The lowest BCUT2D eigenvalue weighted by Gasteiger charge is -2.28. The standard InChI is InChI=1S/C29H20N4O2/c1-34-21-14-11-19(12-15-21)24-23-16-13-18-7-5-6-10-22(18)26(23)35-29-25(24)28-31-27(32-33(28)17-30-29)20-8-3-2-4-9-20/h2-17,24H,1H3. The Morgan fingerprint density at radius 1 is 0.857 bits per heavy atom. The maximum Gasteiger partial charge on any atom is 0.228 e. The van der Waals surface area contributed by atoms with E-state index in [9.17, 15) is 0 Å². The Bertz CT molecular complexity index is 1710. The van der Waals surface area contributed by atoms with Crippen LogP contribution in [0.5, 0.6) is 17.4 Å². The molecule has 6 nitrogen and oxygen atoms in total. The van der Waals surface area contributed by atoms with Crippen LogP contribution in [0.2, 0.25) is 0 Å². The number of aromatic nitrogens is 4. The summed E-state index contributed by atoms with van der Waals surface area (Å²) in [6.07, 6.45) is 1.68. The van der Waals surface area contributed by atoms with Gasteiger partial charge in [0, 0.05) is 22.4 Å². The molecule has 0 amide bonds. The zero-order chi connectivity index (χ0) is 23.4. The second-order valence-electron chi connectivity index (χ2n) is 8.55. The molecule has 0 N–H and O–H groups in total. The lowest BCUT2D eigenvalue weighted by atomic mass is 9.83. The molecule has 0 aliphatic carbocycles. The summed E-state index contributed by atoms with van der Waals surface area (Å²) in [5.74, 6) is 2.71. The summed E-state index contributed by atoms with van der Waals surface area (Å²) in [5.41, 5.74) is 4.75. The first kappa shape index (κ1) is 19.7. The number of methoxy groups -OCH3 is 1. The number of benzene rings is 4. The van der Waals surface area contributed by atoms with Crippen molar-refractivity contribution in [1.29, 1.82) is 0 Å². The summed E-state index contributed by atoms with van der Waals surface area (Å²) in [7, 11) is 1.68. The van der Waals surface area contributed by atoms with E-state index in [4.69, 9.17) is 19.6 Å². The third-order valence-corrected chi connectivity index (χ3v) is 6.58. The molecule has 168 valence electrons. The molecule has 0 spiro atoms. The van der Waals surface area contributed by atoms with Gasteiger partial charge < -0.3 is 9.47 Å². The van der Waals surface area contributed by atoms with E-state index in [1.54, 1.807) is 18.0 Å². The van der Waals surface area contributed by atoms with Gasteiger partial charge >= 0.3 is 0 Å². The zero-order valence-corrected chi connectivity index (χ0v) is 18.9. The monoisotopic (exact) mass is 456 g/mol. The normalized spacial score (nSPS) is 14.4. The van der Waals surface area contributed by atoms with E-state index in [0.717, 1.165) is 50.2 Å². The number of rotatable bonds is 3. The topological polar surface area (TPSA) is 61.5 Å². The first-order chi connectivity index (χ1) is 17.3. The van der Waals surface area contributed by atoms with Gasteiger partial charge in [-0.3, -0.25) is 0 Å². The number of ether oxygens (including phenoxy) is 2. The van der Waals surface area contributed by atoms with Gasteiger partial charge in [0.25, 0.3) is 0 Å². The third-order valence-electron chi connectivity index (χ3n) is 6.58. The van der Waals surface area contributed by atoms with Crippen molar-refractivity contribution in [3.63, 3.8) is 0 Å². The predicted octanol–water partition coefficient (Wildman–Crippen LogP) is 6.24. The van der Waals surface area contributed by atoms with Crippen LogP contribution in [0.25, 0.3) is 27.8 Å². The third kappa shape index (κ3) is 3.07. The van der Waals surface area contributed by atoms with E-state index in [1.165, 1.54) is 0 Å². The Balaban J connectivity index is 1.51.